The molecule has 0 amide bonds. The number of hydrogen-bond acceptors (Lipinski definition) is 1. The van der Waals surface area contributed by atoms with Gasteiger partial charge in [-0.15, -0.1) is 0 Å². The van der Waals surface area contributed by atoms with Crippen molar-refractivity contribution in [2.45, 2.75) is 118 Å². The number of aliphatic hydroxyl groups excluding tert-OH is 1. The fraction of sp³-hybridized carbons (Fsp3) is 0.867. The van der Waals surface area contributed by atoms with Crippen molar-refractivity contribution in [2.24, 2.45) is 46.3 Å². The Morgan fingerprint density at radius 3 is 2.58 bits per heavy atom. The molecule has 3 fully saturated rings. The Bertz CT molecular complexity index is 701. The molecule has 0 aliphatic heterocycles. The summed E-state index contributed by atoms with van der Waals surface area (Å²) < 4.78 is 0. The summed E-state index contributed by atoms with van der Waals surface area (Å²) in [5.41, 5.74) is 4.24. The smallest absolute Gasteiger partial charge is 0.0577 e. The summed E-state index contributed by atoms with van der Waals surface area (Å²) in [6, 6.07) is 0. The average Bonchev–Trinajstić information content (AvgIpc) is 3.08. The van der Waals surface area contributed by atoms with E-state index in [1.54, 1.807) is 11.1 Å². The van der Waals surface area contributed by atoms with Crippen molar-refractivity contribution >= 4 is 0 Å². The van der Waals surface area contributed by atoms with Crippen LogP contribution in [0.2, 0.25) is 0 Å². The lowest BCUT2D eigenvalue weighted by atomic mass is 9.47. The second-order valence-electron chi connectivity index (χ2n) is 12.7. The Morgan fingerprint density at radius 1 is 1.10 bits per heavy atom. The molecule has 0 aromatic carbocycles. The van der Waals surface area contributed by atoms with Crippen molar-refractivity contribution in [2.75, 3.05) is 0 Å². The summed E-state index contributed by atoms with van der Waals surface area (Å²) in [7, 11) is 0. The fourth-order valence-electron chi connectivity index (χ4n) is 9.10. The van der Waals surface area contributed by atoms with E-state index < -0.39 is 0 Å². The van der Waals surface area contributed by atoms with E-state index in [0.29, 0.717) is 16.7 Å². The Morgan fingerprint density at radius 2 is 1.87 bits per heavy atom. The zero-order chi connectivity index (χ0) is 22.4. The standard InChI is InChI=1S/C30H50O/c1-7-8-22(20(2)3)10-9-21(4)26-13-14-27-25-12-11-23-19-24(31)15-17-29(23,5)28(25)16-18-30(26,27)6/h8,11,20-21,24-28,31H,7,9-10,12-19H2,1-6H3/t21?,24-,25-,26+,27-,28-,29-,30+/m0/s1. The molecule has 1 nitrogen and oxygen atoms in total. The van der Waals surface area contributed by atoms with E-state index in [-0.39, 0.29) is 6.10 Å². The molecule has 3 saturated carbocycles. The van der Waals surface area contributed by atoms with Gasteiger partial charge in [-0.1, -0.05) is 64.8 Å². The van der Waals surface area contributed by atoms with Crippen molar-refractivity contribution in [3.63, 3.8) is 0 Å². The Kier molecular flexibility index (Phi) is 6.85. The van der Waals surface area contributed by atoms with Crippen LogP contribution in [0.15, 0.2) is 23.3 Å². The van der Waals surface area contributed by atoms with Crippen LogP contribution in [0.25, 0.3) is 0 Å². The average molecular weight is 427 g/mol. The Labute approximate surface area is 193 Å². The molecule has 0 aromatic heterocycles. The van der Waals surface area contributed by atoms with Gasteiger partial charge in [-0.2, -0.15) is 0 Å². The summed E-state index contributed by atoms with van der Waals surface area (Å²) in [6.45, 7) is 14.9. The summed E-state index contributed by atoms with van der Waals surface area (Å²) in [4.78, 5) is 0. The maximum atomic E-state index is 10.3. The lowest BCUT2D eigenvalue weighted by molar-refractivity contribution is -0.0571. The first-order valence-electron chi connectivity index (χ1n) is 13.8. The van der Waals surface area contributed by atoms with Gasteiger partial charge in [0.2, 0.25) is 0 Å². The molecule has 0 aromatic rings. The van der Waals surface area contributed by atoms with Crippen molar-refractivity contribution in [3.05, 3.63) is 23.3 Å². The summed E-state index contributed by atoms with van der Waals surface area (Å²) >= 11 is 0. The highest BCUT2D eigenvalue weighted by atomic mass is 16.3. The molecule has 0 bridgehead atoms. The van der Waals surface area contributed by atoms with Crippen molar-refractivity contribution < 1.29 is 5.11 Å². The molecular weight excluding hydrogens is 376 g/mol. The monoisotopic (exact) mass is 426 g/mol. The van der Waals surface area contributed by atoms with E-state index in [9.17, 15) is 5.11 Å². The quantitative estimate of drug-likeness (QED) is 0.423. The number of aliphatic hydroxyl groups is 1. The second kappa shape index (κ2) is 9.00. The zero-order valence-electron chi connectivity index (χ0n) is 21.4. The maximum absolute atomic E-state index is 10.3. The van der Waals surface area contributed by atoms with E-state index in [4.69, 9.17) is 0 Å². The van der Waals surface area contributed by atoms with Crippen LogP contribution in [0.4, 0.5) is 0 Å². The van der Waals surface area contributed by atoms with E-state index in [1.165, 1.54) is 57.8 Å². The molecule has 0 saturated heterocycles. The van der Waals surface area contributed by atoms with Crippen LogP contribution in [-0.4, -0.2) is 11.2 Å². The van der Waals surface area contributed by atoms with E-state index in [0.717, 1.165) is 42.4 Å². The first kappa shape index (κ1) is 23.6. The van der Waals surface area contributed by atoms with Crippen molar-refractivity contribution in [1.29, 1.82) is 0 Å². The largest absolute Gasteiger partial charge is 0.393 e. The molecular formula is C30H50O. The predicted octanol–water partition coefficient (Wildman–Crippen LogP) is 8.34. The van der Waals surface area contributed by atoms with Gasteiger partial charge in [0.25, 0.3) is 0 Å². The van der Waals surface area contributed by atoms with Crippen LogP contribution in [0, 0.1) is 46.3 Å². The molecule has 1 unspecified atom stereocenters. The first-order chi connectivity index (χ1) is 14.7. The molecule has 31 heavy (non-hydrogen) atoms. The molecule has 1 heteroatoms. The zero-order valence-corrected chi connectivity index (χ0v) is 21.4. The molecule has 4 aliphatic rings. The van der Waals surface area contributed by atoms with Crippen molar-refractivity contribution in [3.8, 4) is 0 Å². The Hall–Kier alpha value is -0.560. The van der Waals surface area contributed by atoms with Crippen LogP contribution in [0.3, 0.4) is 0 Å². The minimum Gasteiger partial charge on any atom is -0.393 e. The molecule has 4 rings (SSSR count). The molecule has 176 valence electrons. The van der Waals surface area contributed by atoms with E-state index in [2.05, 4.69) is 53.7 Å². The third-order valence-electron chi connectivity index (χ3n) is 10.9. The van der Waals surface area contributed by atoms with Crippen LogP contribution in [0.5, 0.6) is 0 Å². The van der Waals surface area contributed by atoms with Crippen LogP contribution < -0.4 is 0 Å². The predicted molar refractivity (Wildman–Crippen MR) is 133 cm³/mol. The lowest BCUT2D eigenvalue weighted by Gasteiger charge is -2.58. The van der Waals surface area contributed by atoms with Crippen LogP contribution in [-0.2, 0) is 0 Å². The lowest BCUT2D eigenvalue weighted by Crippen LogP contribution is -2.50. The van der Waals surface area contributed by atoms with Gasteiger partial charge in [0.05, 0.1) is 6.10 Å². The van der Waals surface area contributed by atoms with Gasteiger partial charge in [0.15, 0.2) is 0 Å². The molecule has 1 N–H and O–H groups in total. The number of fused-ring (bicyclic) bond motifs is 5. The summed E-state index contributed by atoms with van der Waals surface area (Å²) in [6.07, 6.45) is 19.2. The molecule has 4 aliphatic carbocycles. The maximum Gasteiger partial charge on any atom is 0.0577 e. The first-order valence-corrected chi connectivity index (χ1v) is 13.8. The van der Waals surface area contributed by atoms with Gasteiger partial charge in [-0.3, -0.25) is 0 Å². The van der Waals surface area contributed by atoms with Gasteiger partial charge in [-0.05, 0) is 117 Å². The third kappa shape index (κ3) is 4.11. The minimum absolute atomic E-state index is 0.0843. The third-order valence-corrected chi connectivity index (χ3v) is 10.9. The van der Waals surface area contributed by atoms with E-state index >= 15 is 0 Å². The number of rotatable bonds is 6. The topological polar surface area (TPSA) is 20.2 Å². The van der Waals surface area contributed by atoms with Gasteiger partial charge in [-0.25, -0.2) is 0 Å². The molecule has 8 atom stereocenters. The van der Waals surface area contributed by atoms with E-state index in [1.807, 2.05) is 0 Å². The summed E-state index contributed by atoms with van der Waals surface area (Å²) in [5, 5.41) is 10.3. The minimum atomic E-state index is -0.0843. The number of hydrogen-bond donors (Lipinski definition) is 1. The van der Waals surface area contributed by atoms with Gasteiger partial charge >= 0.3 is 0 Å². The Balaban J connectivity index is 1.47. The normalized spacial score (nSPS) is 43.8. The molecule has 0 radical (unpaired) electrons. The molecule has 0 heterocycles. The molecule has 0 spiro atoms. The second-order valence-corrected chi connectivity index (χ2v) is 12.7. The van der Waals surface area contributed by atoms with Gasteiger partial charge < -0.3 is 5.11 Å². The highest BCUT2D eigenvalue weighted by molar-refractivity contribution is 5.25. The highest BCUT2D eigenvalue weighted by Crippen LogP contribution is 2.67. The van der Waals surface area contributed by atoms with Crippen LogP contribution >= 0.6 is 0 Å². The fourth-order valence-corrected chi connectivity index (χ4v) is 9.10. The summed E-state index contributed by atoms with van der Waals surface area (Å²) in [5.74, 6) is 5.15. The highest BCUT2D eigenvalue weighted by Gasteiger charge is 2.59. The number of allylic oxidation sites excluding steroid dienone is 3. The van der Waals surface area contributed by atoms with Crippen LogP contribution in [0.1, 0.15) is 112 Å². The van der Waals surface area contributed by atoms with Gasteiger partial charge in [0.1, 0.15) is 0 Å². The SMILES string of the molecule is CCC=C(CCC(C)[C@H]1CC[C@H]2[C@@H]3CC=C4C[C@@H](O)CC[C@]4(C)[C@H]3CC[C@]12C)C(C)C. The van der Waals surface area contributed by atoms with Crippen molar-refractivity contribution in [1.82, 2.24) is 0 Å². The van der Waals surface area contributed by atoms with Gasteiger partial charge in [0, 0.05) is 0 Å².